The highest BCUT2D eigenvalue weighted by Gasteiger charge is 2.48. The molecule has 1 aliphatic rings. The Morgan fingerprint density at radius 2 is 1.51 bits per heavy atom. The van der Waals surface area contributed by atoms with Gasteiger partial charge >= 0.3 is 5.97 Å². The Bertz CT molecular complexity index is 1050. The predicted molar refractivity (Wildman–Crippen MR) is 195 cm³/mol. The molecule has 0 saturated heterocycles. The number of allylic oxidation sites excluding steroid dienone is 2. The summed E-state index contributed by atoms with van der Waals surface area (Å²) in [6, 6.07) is 10.7. The monoisotopic (exact) mass is 660 g/mol. The first-order valence-electron chi connectivity index (χ1n) is 17.6. The van der Waals surface area contributed by atoms with Crippen molar-refractivity contribution < 1.29 is 23.9 Å². The zero-order valence-corrected chi connectivity index (χ0v) is 32.9. The van der Waals surface area contributed by atoms with Gasteiger partial charge in [0.1, 0.15) is 0 Å². The molecule has 5 nitrogen and oxygen atoms in total. The largest absolute Gasteiger partial charge is 0.481 e. The molecule has 45 heavy (non-hydrogen) atoms. The van der Waals surface area contributed by atoms with Gasteiger partial charge in [-0.3, -0.25) is 4.79 Å². The second-order valence-electron chi connectivity index (χ2n) is 17.1. The van der Waals surface area contributed by atoms with Crippen molar-refractivity contribution in [1.82, 2.24) is 0 Å². The molecule has 258 valence electrons. The highest BCUT2D eigenvalue weighted by Crippen LogP contribution is 2.46. The Morgan fingerprint density at radius 3 is 2.04 bits per heavy atom. The van der Waals surface area contributed by atoms with Gasteiger partial charge in [0.15, 0.2) is 16.6 Å². The quantitative estimate of drug-likeness (QED) is 0.128. The molecule has 2 rings (SSSR count). The summed E-state index contributed by atoms with van der Waals surface area (Å²) in [5, 5.41) is 21.3. The number of rotatable bonds is 17. The van der Waals surface area contributed by atoms with Crippen LogP contribution < -0.4 is 0 Å². The topological polar surface area (TPSA) is 76.0 Å². The number of aryl methyl sites for hydroxylation is 1. The number of aliphatic carboxylic acids is 1. The fourth-order valence-corrected chi connectivity index (χ4v) is 8.97. The maximum absolute atomic E-state index is 11.7. The van der Waals surface area contributed by atoms with Gasteiger partial charge in [0.25, 0.3) is 0 Å². The molecule has 0 aliphatic heterocycles. The van der Waals surface area contributed by atoms with E-state index in [4.69, 9.17) is 8.85 Å². The Kier molecular flexibility index (Phi) is 14.8. The molecule has 7 heteroatoms. The number of benzene rings is 1. The van der Waals surface area contributed by atoms with E-state index in [1.165, 1.54) is 5.56 Å². The molecule has 1 unspecified atom stereocenters. The van der Waals surface area contributed by atoms with Crippen LogP contribution in [0.25, 0.3) is 0 Å². The van der Waals surface area contributed by atoms with Crippen LogP contribution in [0.5, 0.6) is 0 Å². The summed E-state index contributed by atoms with van der Waals surface area (Å²) in [5.41, 5.74) is 1.34. The minimum atomic E-state index is -2.03. The van der Waals surface area contributed by atoms with Crippen molar-refractivity contribution in [2.24, 2.45) is 23.7 Å². The SMILES string of the molecule is CC(C)C(CC/C=C\C[C@@H]1[C@@H](CC[C@H](CCc2ccccc2)O[Si](C)(C)C(C)(C)C)[C@H](O)C[C@@H]1O[Si](C)(C)C(C)(C)C)C(=O)O. The van der Waals surface area contributed by atoms with Crippen LogP contribution in [0.4, 0.5) is 0 Å². The normalized spacial score (nSPS) is 23.2. The summed E-state index contributed by atoms with van der Waals surface area (Å²) in [6.45, 7) is 27.0. The first-order chi connectivity index (χ1) is 20.7. The molecular formula is C38H68O5Si2. The third kappa shape index (κ3) is 12.0. The lowest BCUT2D eigenvalue weighted by Gasteiger charge is -2.41. The van der Waals surface area contributed by atoms with Gasteiger partial charge < -0.3 is 19.1 Å². The number of carboxylic acid groups (broad SMARTS) is 1. The number of hydrogen-bond donors (Lipinski definition) is 2. The number of carboxylic acids is 1. The Balaban J connectivity index is 2.25. The van der Waals surface area contributed by atoms with Crippen LogP contribution in [-0.4, -0.2) is 51.1 Å². The molecule has 0 aromatic heterocycles. The van der Waals surface area contributed by atoms with Gasteiger partial charge in [0, 0.05) is 6.10 Å². The van der Waals surface area contributed by atoms with E-state index >= 15 is 0 Å². The fraction of sp³-hybridized carbons (Fsp3) is 0.763. The van der Waals surface area contributed by atoms with Crippen molar-refractivity contribution in [2.75, 3.05) is 0 Å². The Labute approximate surface area is 278 Å². The van der Waals surface area contributed by atoms with Crippen molar-refractivity contribution in [3.05, 3.63) is 48.0 Å². The van der Waals surface area contributed by atoms with Crippen molar-refractivity contribution in [1.29, 1.82) is 0 Å². The van der Waals surface area contributed by atoms with Gasteiger partial charge in [-0.2, -0.15) is 0 Å². The first-order valence-corrected chi connectivity index (χ1v) is 23.4. The van der Waals surface area contributed by atoms with E-state index in [1.807, 2.05) is 13.8 Å². The van der Waals surface area contributed by atoms with Gasteiger partial charge in [-0.1, -0.05) is 97.9 Å². The molecule has 1 aromatic carbocycles. The van der Waals surface area contributed by atoms with Crippen LogP contribution in [-0.2, 0) is 20.1 Å². The maximum Gasteiger partial charge on any atom is 0.306 e. The average molecular weight is 661 g/mol. The molecule has 0 radical (unpaired) electrons. The summed E-state index contributed by atoms with van der Waals surface area (Å²) in [7, 11) is -4.01. The van der Waals surface area contributed by atoms with Crippen LogP contribution in [0.15, 0.2) is 42.5 Å². The van der Waals surface area contributed by atoms with E-state index in [9.17, 15) is 15.0 Å². The molecule has 0 spiro atoms. The van der Waals surface area contributed by atoms with Crippen LogP contribution in [0.3, 0.4) is 0 Å². The highest BCUT2D eigenvalue weighted by molar-refractivity contribution is 6.74. The highest BCUT2D eigenvalue weighted by atomic mass is 28.4. The van der Waals surface area contributed by atoms with Crippen LogP contribution in [0, 0.1) is 23.7 Å². The van der Waals surface area contributed by atoms with E-state index in [2.05, 4.69) is 110 Å². The lowest BCUT2D eigenvalue weighted by molar-refractivity contribution is -0.143. The number of hydrogen-bond acceptors (Lipinski definition) is 4. The Hall–Kier alpha value is -1.26. The Morgan fingerprint density at radius 1 is 0.911 bits per heavy atom. The maximum atomic E-state index is 11.7. The van der Waals surface area contributed by atoms with Crippen LogP contribution in [0.1, 0.15) is 106 Å². The summed E-state index contributed by atoms with van der Waals surface area (Å²) < 4.78 is 14.1. The van der Waals surface area contributed by atoms with E-state index < -0.39 is 28.7 Å². The molecule has 1 fully saturated rings. The summed E-state index contributed by atoms with van der Waals surface area (Å²) >= 11 is 0. The molecule has 0 heterocycles. The molecule has 1 aliphatic carbocycles. The summed E-state index contributed by atoms with van der Waals surface area (Å²) in [4.78, 5) is 11.7. The molecule has 0 bridgehead atoms. The molecule has 1 aromatic rings. The molecule has 2 N–H and O–H groups in total. The van der Waals surface area contributed by atoms with E-state index in [0.29, 0.717) is 12.8 Å². The minimum absolute atomic E-state index is 0.0297. The summed E-state index contributed by atoms with van der Waals surface area (Å²) in [6.07, 6.45) is 10.9. The van der Waals surface area contributed by atoms with Crippen molar-refractivity contribution in [2.45, 2.75) is 161 Å². The minimum Gasteiger partial charge on any atom is -0.481 e. The van der Waals surface area contributed by atoms with Gasteiger partial charge in [0.2, 0.25) is 0 Å². The number of carbonyl (C=O) groups is 1. The predicted octanol–water partition coefficient (Wildman–Crippen LogP) is 10.3. The van der Waals surface area contributed by atoms with Gasteiger partial charge in [-0.05, 0) is 111 Å². The van der Waals surface area contributed by atoms with Gasteiger partial charge in [-0.15, -0.1) is 0 Å². The van der Waals surface area contributed by atoms with E-state index in [1.54, 1.807) is 0 Å². The van der Waals surface area contributed by atoms with Gasteiger partial charge in [0.05, 0.1) is 18.1 Å². The van der Waals surface area contributed by atoms with E-state index in [0.717, 1.165) is 38.5 Å². The number of aliphatic hydroxyl groups excluding tert-OH is 1. The molecule has 0 amide bonds. The average Bonchev–Trinajstić information content (AvgIpc) is 3.19. The lowest BCUT2D eigenvalue weighted by Crippen LogP contribution is -2.45. The van der Waals surface area contributed by atoms with Crippen molar-refractivity contribution >= 4 is 22.6 Å². The second kappa shape index (κ2) is 16.7. The fourth-order valence-electron chi connectivity index (χ4n) is 6.17. The number of aliphatic hydroxyl groups is 1. The van der Waals surface area contributed by atoms with Crippen molar-refractivity contribution in [3.8, 4) is 0 Å². The zero-order valence-electron chi connectivity index (χ0n) is 30.9. The molecule has 1 saturated carbocycles. The third-order valence-corrected chi connectivity index (χ3v) is 20.3. The third-order valence-electron chi connectivity index (χ3n) is 11.3. The standard InChI is InChI=1S/C38H68O5Si2/c1-28(2)31(36(40)41)21-17-14-18-22-33-32(34(39)27-35(33)43-45(11,12)38(6,7)8)26-25-30(42-44(9,10)37(3,4)5)24-23-29-19-15-13-16-20-29/h13-16,18-20,28,30-35,39H,17,21-27H2,1-12H3,(H,40,41)/b18-14-/t30-,31?,32+,33+,34+,35-/m0/s1. The van der Waals surface area contributed by atoms with E-state index in [-0.39, 0.29) is 46.0 Å². The lowest BCUT2D eigenvalue weighted by atomic mass is 9.85. The first kappa shape index (κ1) is 39.9. The van der Waals surface area contributed by atoms with Crippen LogP contribution >= 0.6 is 0 Å². The zero-order chi connectivity index (χ0) is 34.2. The van der Waals surface area contributed by atoms with Gasteiger partial charge in [-0.25, -0.2) is 0 Å². The molecular weight excluding hydrogens is 593 g/mol. The van der Waals surface area contributed by atoms with Crippen molar-refractivity contribution in [3.63, 3.8) is 0 Å². The molecule has 6 atom stereocenters. The smallest absolute Gasteiger partial charge is 0.306 e. The van der Waals surface area contributed by atoms with Crippen LogP contribution in [0.2, 0.25) is 36.3 Å². The second-order valence-corrected chi connectivity index (χ2v) is 26.6. The summed E-state index contributed by atoms with van der Waals surface area (Å²) in [5.74, 6) is -0.528.